The van der Waals surface area contributed by atoms with Gasteiger partial charge in [-0.05, 0) is 24.6 Å². The molecule has 7 nitrogen and oxygen atoms in total. The van der Waals surface area contributed by atoms with Gasteiger partial charge in [0.15, 0.2) is 6.61 Å². The molecule has 0 radical (unpaired) electrons. The van der Waals surface area contributed by atoms with Crippen LogP contribution in [-0.4, -0.2) is 52.2 Å². The molecule has 0 unspecified atom stereocenters. The number of ether oxygens (including phenoxy) is 2. The summed E-state index contributed by atoms with van der Waals surface area (Å²) in [5.41, 5.74) is 1.25. The summed E-state index contributed by atoms with van der Waals surface area (Å²) < 4.78 is 9.45. The molecule has 1 aromatic carbocycles. The van der Waals surface area contributed by atoms with Crippen LogP contribution in [0.5, 0.6) is 0 Å². The molecule has 0 atom stereocenters. The first-order valence-electron chi connectivity index (χ1n) is 7.22. The number of methoxy groups -OCH3 is 1. The topological polar surface area (TPSA) is 84.9 Å². The van der Waals surface area contributed by atoms with E-state index in [0.29, 0.717) is 18.5 Å². The molecule has 0 bridgehead atoms. The largest absolute Gasteiger partial charge is 0.469 e. The average molecular weight is 322 g/mol. The van der Waals surface area contributed by atoms with Crippen molar-refractivity contribution in [2.75, 3.05) is 39.3 Å². The van der Waals surface area contributed by atoms with Gasteiger partial charge in [0.1, 0.15) is 0 Å². The fourth-order valence-corrected chi connectivity index (χ4v) is 1.74. The zero-order valence-corrected chi connectivity index (χ0v) is 13.6. The maximum absolute atomic E-state index is 11.9. The minimum absolute atomic E-state index is 0.230. The molecule has 0 saturated carbocycles. The van der Waals surface area contributed by atoms with Gasteiger partial charge < -0.3 is 19.7 Å². The van der Waals surface area contributed by atoms with Gasteiger partial charge in [-0.3, -0.25) is 9.59 Å². The van der Waals surface area contributed by atoms with Crippen molar-refractivity contribution in [2.45, 2.75) is 12.8 Å². The van der Waals surface area contributed by atoms with Crippen LogP contribution in [0.3, 0.4) is 0 Å². The van der Waals surface area contributed by atoms with Crippen LogP contribution in [-0.2, 0) is 19.1 Å². The van der Waals surface area contributed by atoms with Gasteiger partial charge in [-0.25, -0.2) is 4.79 Å². The number of rotatable bonds is 8. The van der Waals surface area contributed by atoms with E-state index in [1.165, 1.54) is 7.11 Å². The smallest absolute Gasteiger partial charge is 0.338 e. The quantitative estimate of drug-likeness (QED) is 0.567. The number of carbonyl (C=O) groups is 3. The number of anilines is 1. The van der Waals surface area contributed by atoms with E-state index in [0.717, 1.165) is 5.69 Å². The Morgan fingerprint density at radius 2 is 1.96 bits per heavy atom. The Morgan fingerprint density at radius 1 is 1.22 bits per heavy atom. The third-order valence-corrected chi connectivity index (χ3v) is 3.04. The number of nitrogens with one attached hydrogen (secondary N) is 1. The van der Waals surface area contributed by atoms with Crippen LogP contribution < -0.4 is 10.2 Å². The Kier molecular flexibility index (Phi) is 7.59. The number of esters is 2. The molecular formula is C16H22N2O5. The van der Waals surface area contributed by atoms with E-state index in [-0.39, 0.29) is 19.0 Å². The van der Waals surface area contributed by atoms with Crippen molar-refractivity contribution < 1.29 is 23.9 Å². The van der Waals surface area contributed by atoms with E-state index < -0.39 is 11.9 Å². The summed E-state index contributed by atoms with van der Waals surface area (Å²) in [6.07, 6.45) is 0.700. The molecule has 0 saturated heterocycles. The second-order valence-corrected chi connectivity index (χ2v) is 5.05. The summed E-state index contributed by atoms with van der Waals surface area (Å²) in [6.45, 7) is -0.0369. The molecule has 0 aromatic heterocycles. The molecule has 0 aliphatic rings. The SMILES string of the molecule is COC(=O)CCCNC(=O)COC(=O)c1cccc(N(C)C)c1. The Balaban J connectivity index is 2.34. The molecular weight excluding hydrogens is 300 g/mol. The average Bonchev–Trinajstić information content (AvgIpc) is 2.56. The number of nitrogens with zero attached hydrogens (tertiary/aromatic N) is 1. The standard InChI is InChI=1S/C16H22N2O5/c1-18(2)13-7-4-6-12(10-13)16(21)23-11-14(19)17-9-5-8-15(20)22-3/h4,6-7,10H,5,8-9,11H2,1-3H3,(H,17,19). The highest BCUT2D eigenvalue weighted by Gasteiger charge is 2.11. The van der Waals surface area contributed by atoms with Crippen molar-refractivity contribution >= 4 is 23.5 Å². The fraction of sp³-hybridized carbons (Fsp3) is 0.438. The van der Waals surface area contributed by atoms with Crippen LogP contribution in [0.1, 0.15) is 23.2 Å². The van der Waals surface area contributed by atoms with E-state index >= 15 is 0 Å². The molecule has 0 heterocycles. The highest BCUT2D eigenvalue weighted by Crippen LogP contribution is 2.14. The van der Waals surface area contributed by atoms with Crippen molar-refractivity contribution in [2.24, 2.45) is 0 Å². The summed E-state index contributed by atoms with van der Waals surface area (Å²) in [4.78, 5) is 36.2. The van der Waals surface area contributed by atoms with E-state index in [1.807, 2.05) is 25.1 Å². The summed E-state index contributed by atoms with van der Waals surface area (Å²) in [5.74, 6) is -1.29. The number of hydrogen-bond donors (Lipinski definition) is 1. The molecule has 126 valence electrons. The second-order valence-electron chi connectivity index (χ2n) is 5.05. The van der Waals surface area contributed by atoms with Crippen molar-refractivity contribution in [1.82, 2.24) is 5.32 Å². The Morgan fingerprint density at radius 3 is 2.61 bits per heavy atom. The van der Waals surface area contributed by atoms with Crippen molar-refractivity contribution in [1.29, 1.82) is 0 Å². The first-order valence-corrected chi connectivity index (χ1v) is 7.22. The summed E-state index contributed by atoms with van der Waals surface area (Å²) >= 11 is 0. The normalized spacial score (nSPS) is 9.87. The van der Waals surface area contributed by atoms with Crippen LogP contribution in [0.15, 0.2) is 24.3 Å². The van der Waals surface area contributed by atoms with Gasteiger partial charge in [-0.2, -0.15) is 0 Å². The predicted molar refractivity (Wildman–Crippen MR) is 85.3 cm³/mol. The molecule has 1 aromatic rings. The number of carbonyl (C=O) groups excluding carboxylic acids is 3. The summed E-state index contributed by atoms with van der Waals surface area (Å²) in [5, 5.41) is 2.57. The fourth-order valence-electron chi connectivity index (χ4n) is 1.74. The zero-order valence-electron chi connectivity index (χ0n) is 13.6. The minimum atomic E-state index is -0.557. The van der Waals surface area contributed by atoms with Crippen molar-refractivity contribution in [3.63, 3.8) is 0 Å². The highest BCUT2D eigenvalue weighted by molar-refractivity contribution is 5.92. The lowest BCUT2D eigenvalue weighted by molar-refractivity contribution is -0.140. The molecule has 0 aliphatic heterocycles. The van der Waals surface area contributed by atoms with Gasteiger partial charge in [-0.1, -0.05) is 6.07 Å². The van der Waals surface area contributed by atoms with Crippen molar-refractivity contribution in [3.8, 4) is 0 Å². The van der Waals surface area contributed by atoms with Gasteiger partial charge >= 0.3 is 11.9 Å². The number of amides is 1. The van der Waals surface area contributed by atoms with Crippen LogP contribution in [0.2, 0.25) is 0 Å². The van der Waals surface area contributed by atoms with E-state index in [9.17, 15) is 14.4 Å². The number of hydrogen-bond acceptors (Lipinski definition) is 6. The molecule has 1 rings (SSSR count). The molecule has 0 fully saturated rings. The lowest BCUT2D eigenvalue weighted by Gasteiger charge is -2.13. The first-order chi connectivity index (χ1) is 10.9. The minimum Gasteiger partial charge on any atom is -0.469 e. The monoisotopic (exact) mass is 322 g/mol. The third kappa shape index (κ3) is 6.82. The molecule has 1 amide bonds. The molecule has 1 N–H and O–H groups in total. The van der Waals surface area contributed by atoms with Crippen LogP contribution in [0, 0.1) is 0 Å². The molecule has 23 heavy (non-hydrogen) atoms. The lowest BCUT2D eigenvalue weighted by atomic mass is 10.2. The summed E-state index contributed by atoms with van der Waals surface area (Å²) in [7, 11) is 5.05. The second kappa shape index (κ2) is 9.45. The van der Waals surface area contributed by atoms with Gasteiger partial charge in [0.2, 0.25) is 0 Å². The zero-order chi connectivity index (χ0) is 17.2. The van der Waals surface area contributed by atoms with Crippen LogP contribution in [0.25, 0.3) is 0 Å². The lowest BCUT2D eigenvalue weighted by Crippen LogP contribution is -2.30. The Hall–Kier alpha value is -2.57. The third-order valence-electron chi connectivity index (χ3n) is 3.04. The predicted octanol–water partition coefficient (Wildman–Crippen LogP) is 0.979. The Bertz CT molecular complexity index is 557. The maximum Gasteiger partial charge on any atom is 0.338 e. The molecule has 0 spiro atoms. The van der Waals surface area contributed by atoms with Gasteiger partial charge in [0.25, 0.3) is 5.91 Å². The first kappa shape index (κ1) is 18.5. The number of benzene rings is 1. The highest BCUT2D eigenvalue weighted by atomic mass is 16.5. The molecule has 7 heteroatoms. The van der Waals surface area contributed by atoms with Gasteiger partial charge in [0, 0.05) is 32.7 Å². The van der Waals surface area contributed by atoms with Crippen LogP contribution >= 0.6 is 0 Å². The molecule has 0 aliphatic carbocycles. The van der Waals surface area contributed by atoms with E-state index in [4.69, 9.17) is 4.74 Å². The Labute approximate surface area is 135 Å². The maximum atomic E-state index is 11.9. The summed E-state index contributed by atoms with van der Waals surface area (Å²) in [6, 6.07) is 6.93. The van der Waals surface area contributed by atoms with Crippen LogP contribution in [0.4, 0.5) is 5.69 Å². The van der Waals surface area contributed by atoms with E-state index in [1.54, 1.807) is 18.2 Å². The van der Waals surface area contributed by atoms with Gasteiger partial charge in [0.05, 0.1) is 12.7 Å². The van der Waals surface area contributed by atoms with E-state index in [2.05, 4.69) is 10.1 Å². The van der Waals surface area contributed by atoms with Crippen molar-refractivity contribution in [3.05, 3.63) is 29.8 Å². The van der Waals surface area contributed by atoms with Gasteiger partial charge in [-0.15, -0.1) is 0 Å².